The third-order valence-corrected chi connectivity index (χ3v) is 3.14. The molecule has 10 heteroatoms. The van der Waals surface area contributed by atoms with E-state index < -0.39 is 12.8 Å². The lowest BCUT2D eigenvalue weighted by atomic mass is 10.2. The first-order valence-corrected chi connectivity index (χ1v) is 7.16. The minimum absolute atomic E-state index is 0.165. The molecule has 2 heterocycles. The number of hydrogen-bond donors (Lipinski definition) is 2. The molecule has 0 saturated carbocycles. The maximum atomic E-state index is 11.9. The van der Waals surface area contributed by atoms with Gasteiger partial charge in [0.25, 0.3) is 0 Å². The van der Waals surface area contributed by atoms with Gasteiger partial charge >= 0.3 is 6.18 Å². The summed E-state index contributed by atoms with van der Waals surface area (Å²) in [6.07, 6.45) is 0.842. The Morgan fingerprint density at radius 2 is 2.36 bits per heavy atom. The molecule has 124 valence electrons. The minimum atomic E-state index is -4.35. The lowest BCUT2D eigenvalue weighted by molar-refractivity contribution is -0.182. The van der Waals surface area contributed by atoms with Crippen LogP contribution in [0.25, 0.3) is 0 Å². The largest absolute Gasteiger partial charge is 0.411 e. The van der Waals surface area contributed by atoms with Crippen molar-refractivity contribution in [1.82, 2.24) is 15.1 Å². The molecule has 1 saturated heterocycles. The minimum Gasteiger partial charge on any atom is -0.376 e. The molecule has 0 spiro atoms. The van der Waals surface area contributed by atoms with Crippen LogP contribution >= 0.6 is 12.2 Å². The highest BCUT2D eigenvalue weighted by Crippen LogP contribution is 2.15. The fourth-order valence-corrected chi connectivity index (χ4v) is 2.14. The summed E-state index contributed by atoms with van der Waals surface area (Å²) in [4.78, 5) is 0. The Balaban J connectivity index is 1.68. The van der Waals surface area contributed by atoms with Gasteiger partial charge in [-0.2, -0.15) is 18.3 Å². The van der Waals surface area contributed by atoms with E-state index in [9.17, 15) is 13.2 Å². The zero-order valence-electron chi connectivity index (χ0n) is 11.7. The van der Waals surface area contributed by atoms with Gasteiger partial charge in [-0.25, -0.2) is 4.68 Å². The molecule has 1 unspecified atom stereocenters. The summed E-state index contributed by atoms with van der Waals surface area (Å²) in [5.74, 6) is 0. The fourth-order valence-electron chi connectivity index (χ4n) is 1.94. The van der Waals surface area contributed by atoms with Crippen molar-refractivity contribution in [3.8, 4) is 0 Å². The summed E-state index contributed by atoms with van der Waals surface area (Å²) in [5.41, 5.74) is 0.570. The van der Waals surface area contributed by atoms with E-state index in [1.54, 1.807) is 0 Å². The van der Waals surface area contributed by atoms with Crippen molar-refractivity contribution in [3.63, 3.8) is 0 Å². The van der Waals surface area contributed by atoms with E-state index in [1.807, 2.05) is 0 Å². The summed E-state index contributed by atoms with van der Waals surface area (Å²) in [7, 11) is 0. The Kier molecular flexibility index (Phi) is 5.98. The fraction of sp³-hybridized carbons (Fsp3) is 0.667. The maximum absolute atomic E-state index is 11.9. The molecule has 1 atom stereocenters. The number of halogens is 3. The first kappa shape index (κ1) is 17.0. The van der Waals surface area contributed by atoms with Crippen LogP contribution in [-0.2, 0) is 16.2 Å². The van der Waals surface area contributed by atoms with Gasteiger partial charge < -0.3 is 20.1 Å². The van der Waals surface area contributed by atoms with Gasteiger partial charge in [0.05, 0.1) is 24.2 Å². The molecule has 1 aromatic rings. The smallest absolute Gasteiger partial charge is 0.376 e. The van der Waals surface area contributed by atoms with Gasteiger partial charge in [0.1, 0.15) is 13.3 Å². The second-order valence-electron chi connectivity index (χ2n) is 4.83. The predicted molar refractivity (Wildman–Crippen MR) is 77.4 cm³/mol. The van der Waals surface area contributed by atoms with Gasteiger partial charge in [0.2, 0.25) is 0 Å². The zero-order chi connectivity index (χ0) is 16.0. The molecule has 0 aliphatic carbocycles. The average molecular weight is 338 g/mol. The van der Waals surface area contributed by atoms with Crippen molar-refractivity contribution >= 4 is 23.0 Å². The van der Waals surface area contributed by atoms with E-state index in [0.29, 0.717) is 17.3 Å². The summed E-state index contributed by atoms with van der Waals surface area (Å²) in [5, 5.41) is 10.2. The van der Waals surface area contributed by atoms with E-state index in [0.717, 1.165) is 19.4 Å². The number of rotatable bonds is 6. The number of thiocarbonyl (C=S) groups is 1. The normalized spacial score (nSPS) is 18.4. The average Bonchev–Trinajstić information content (AvgIpc) is 3.06. The monoisotopic (exact) mass is 338 g/mol. The highest BCUT2D eigenvalue weighted by molar-refractivity contribution is 7.80. The van der Waals surface area contributed by atoms with Crippen molar-refractivity contribution in [2.24, 2.45) is 0 Å². The number of alkyl halides is 3. The van der Waals surface area contributed by atoms with Crippen molar-refractivity contribution < 1.29 is 22.6 Å². The molecule has 0 amide bonds. The quantitative estimate of drug-likeness (QED) is 0.773. The van der Waals surface area contributed by atoms with E-state index >= 15 is 0 Å². The molecule has 0 radical (unpaired) electrons. The molecule has 1 fully saturated rings. The molecule has 2 N–H and O–H groups in total. The van der Waals surface area contributed by atoms with Crippen molar-refractivity contribution in [2.75, 3.05) is 25.1 Å². The van der Waals surface area contributed by atoms with Gasteiger partial charge in [-0.3, -0.25) is 0 Å². The standard InChI is InChI=1S/C12H17F3N4O2S/c13-12(14,15)7-20-8-19-6-9(4-17-19)18-11(22)16-5-10-2-1-3-21-10/h4,6,10H,1-3,5,7-8H2,(H2,16,18,22). The van der Waals surface area contributed by atoms with E-state index in [4.69, 9.17) is 17.0 Å². The number of ether oxygens (including phenoxy) is 2. The number of hydrogen-bond acceptors (Lipinski definition) is 4. The SMILES string of the molecule is FC(F)(F)COCn1cc(NC(=S)NCC2CCCO2)cn1. The predicted octanol–water partition coefficient (Wildman–Crippen LogP) is 1.88. The van der Waals surface area contributed by atoms with E-state index in [2.05, 4.69) is 20.5 Å². The molecule has 2 rings (SSSR count). The molecule has 1 aliphatic heterocycles. The van der Waals surface area contributed by atoms with Gasteiger partial charge in [-0.05, 0) is 25.1 Å². The van der Waals surface area contributed by atoms with Gasteiger partial charge in [0.15, 0.2) is 5.11 Å². The summed E-state index contributed by atoms with van der Waals surface area (Å²) in [6.45, 7) is -0.194. The summed E-state index contributed by atoms with van der Waals surface area (Å²) >= 11 is 5.12. The molecule has 22 heavy (non-hydrogen) atoms. The molecule has 0 aromatic carbocycles. The molecular weight excluding hydrogens is 321 g/mol. The molecular formula is C12H17F3N4O2S. The van der Waals surface area contributed by atoms with Crippen molar-refractivity contribution in [3.05, 3.63) is 12.4 Å². The van der Waals surface area contributed by atoms with Crippen LogP contribution in [0.1, 0.15) is 12.8 Å². The van der Waals surface area contributed by atoms with Crippen molar-refractivity contribution in [1.29, 1.82) is 0 Å². The number of anilines is 1. The molecule has 1 aliphatic rings. The Bertz CT molecular complexity index is 489. The van der Waals surface area contributed by atoms with Gasteiger partial charge in [-0.15, -0.1) is 0 Å². The van der Waals surface area contributed by atoms with Crippen LogP contribution in [0.4, 0.5) is 18.9 Å². The van der Waals surface area contributed by atoms with Crippen LogP contribution in [0, 0.1) is 0 Å². The Morgan fingerprint density at radius 1 is 1.55 bits per heavy atom. The highest BCUT2D eigenvalue weighted by atomic mass is 32.1. The van der Waals surface area contributed by atoms with E-state index in [-0.39, 0.29) is 12.8 Å². The Morgan fingerprint density at radius 3 is 3.05 bits per heavy atom. The topological polar surface area (TPSA) is 60.3 Å². The number of nitrogens with zero attached hydrogens (tertiary/aromatic N) is 2. The number of aromatic nitrogens is 2. The Labute approximate surface area is 130 Å². The molecule has 1 aromatic heterocycles. The third kappa shape index (κ3) is 6.16. The van der Waals surface area contributed by atoms with Gasteiger partial charge in [-0.1, -0.05) is 0 Å². The Hall–Kier alpha value is -1.39. The summed E-state index contributed by atoms with van der Waals surface area (Å²) in [6, 6.07) is 0. The van der Waals surface area contributed by atoms with Crippen LogP contribution in [0.3, 0.4) is 0 Å². The first-order valence-electron chi connectivity index (χ1n) is 6.76. The second kappa shape index (κ2) is 7.75. The second-order valence-corrected chi connectivity index (χ2v) is 5.24. The van der Waals surface area contributed by atoms with Gasteiger partial charge in [0, 0.05) is 13.2 Å². The van der Waals surface area contributed by atoms with Crippen LogP contribution in [0.15, 0.2) is 12.4 Å². The highest BCUT2D eigenvalue weighted by Gasteiger charge is 2.27. The third-order valence-electron chi connectivity index (χ3n) is 2.89. The van der Waals surface area contributed by atoms with Crippen LogP contribution in [-0.4, -0.2) is 46.9 Å². The summed E-state index contributed by atoms with van der Waals surface area (Å²) < 4.78 is 47.0. The molecule has 0 bridgehead atoms. The zero-order valence-corrected chi connectivity index (χ0v) is 12.5. The number of nitrogens with one attached hydrogen (secondary N) is 2. The van der Waals surface area contributed by atoms with Crippen molar-refractivity contribution in [2.45, 2.75) is 31.9 Å². The maximum Gasteiger partial charge on any atom is 0.411 e. The lowest BCUT2D eigenvalue weighted by Crippen LogP contribution is -2.34. The van der Waals surface area contributed by atoms with Crippen LogP contribution < -0.4 is 10.6 Å². The lowest BCUT2D eigenvalue weighted by Gasteiger charge is -2.13. The first-order chi connectivity index (χ1) is 10.4. The molecule has 6 nitrogen and oxygen atoms in total. The van der Waals surface area contributed by atoms with Crippen LogP contribution in [0.2, 0.25) is 0 Å². The van der Waals surface area contributed by atoms with Crippen LogP contribution in [0.5, 0.6) is 0 Å². The van der Waals surface area contributed by atoms with E-state index in [1.165, 1.54) is 17.1 Å².